The number of hydrogen-bond donors (Lipinski definition) is 2. The Hall–Kier alpha value is -1.49. The van der Waals surface area contributed by atoms with Gasteiger partial charge in [-0.15, -0.1) is 0 Å². The van der Waals surface area contributed by atoms with E-state index in [0.717, 1.165) is 0 Å². The van der Waals surface area contributed by atoms with Crippen LogP contribution in [-0.2, 0) is 10.0 Å². The van der Waals surface area contributed by atoms with E-state index in [4.69, 9.17) is 10.4 Å². The first-order valence-corrected chi connectivity index (χ1v) is 6.51. The molecule has 0 saturated carbocycles. The van der Waals surface area contributed by atoms with Crippen molar-refractivity contribution >= 4 is 10.0 Å². The zero-order valence-electron chi connectivity index (χ0n) is 9.29. The SMILES string of the molecule is CC[C@H](CO)NS(=O)(=O)c1cccnc1C#N. The van der Waals surface area contributed by atoms with Crippen LogP contribution in [0.2, 0.25) is 0 Å². The summed E-state index contributed by atoms with van der Waals surface area (Å²) in [6.45, 7) is 1.45. The molecule has 0 unspecified atom stereocenters. The Labute approximate surface area is 100.0 Å². The second-order valence-electron chi connectivity index (χ2n) is 3.37. The molecule has 17 heavy (non-hydrogen) atoms. The van der Waals surface area contributed by atoms with Gasteiger partial charge < -0.3 is 5.11 Å². The fraction of sp³-hybridized carbons (Fsp3) is 0.400. The zero-order valence-corrected chi connectivity index (χ0v) is 10.1. The molecule has 0 aliphatic carbocycles. The molecule has 7 heteroatoms. The van der Waals surface area contributed by atoms with Crippen LogP contribution in [0.3, 0.4) is 0 Å². The summed E-state index contributed by atoms with van der Waals surface area (Å²) in [7, 11) is -3.82. The van der Waals surface area contributed by atoms with E-state index >= 15 is 0 Å². The number of pyridine rings is 1. The molecule has 1 aromatic heterocycles. The molecule has 1 atom stereocenters. The standard InChI is InChI=1S/C10H13N3O3S/c1-2-8(7-14)13-17(15,16)10-4-3-5-12-9(10)6-11/h3-5,8,13-14H,2,7H2,1H3/t8-/m1/s1. The van der Waals surface area contributed by atoms with Crippen molar-refractivity contribution in [2.24, 2.45) is 0 Å². The summed E-state index contributed by atoms with van der Waals surface area (Å²) >= 11 is 0. The summed E-state index contributed by atoms with van der Waals surface area (Å²) in [6.07, 6.45) is 1.80. The van der Waals surface area contributed by atoms with Gasteiger partial charge in [-0.3, -0.25) is 0 Å². The molecule has 0 aromatic carbocycles. The second kappa shape index (κ2) is 5.72. The largest absolute Gasteiger partial charge is 0.395 e. The van der Waals surface area contributed by atoms with Crippen LogP contribution in [0.1, 0.15) is 19.0 Å². The summed E-state index contributed by atoms with van der Waals surface area (Å²) in [4.78, 5) is 3.51. The predicted molar refractivity (Wildman–Crippen MR) is 60.4 cm³/mol. The van der Waals surface area contributed by atoms with Crippen LogP contribution in [0.5, 0.6) is 0 Å². The first-order chi connectivity index (χ1) is 8.05. The number of aliphatic hydroxyl groups excluding tert-OH is 1. The van der Waals surface area contributed by atoms with Gasteiger partial charge in [0, 0.05) is 12.2 Å². The number of hydrogen-bond acceptors (Lipinski definition) is 5. The number of nitriles is 1. The van der Waals surface area contributed by atoms with Gasteiger partial charge in [0.2, 0.25) is 10.0 Å². The van der Waals surface area contributed by atoms with Crippen molar-refractivity contribution < 1.29 is 13.5 Å². The van der Waals surface area contributed by atoms with Gasteiger partial charge in [-0.2, -0.15) is 5.26 Å². The highest BCUT2D eigenvalue weighted by atomic mass is 32.2. The molecule has 1 rings (SSSR count). The number of nitrogens with zero attached hydrogens (tertiary/aromatic N) is 2. The molecule has 0 aliphatic rings. The van der Waals surface area contributed by atoms with E-state index in [9.17, 15) is 8.42 Å². The molecule has 1 aromatic rings. The highest BCUT2D eigenvalue weighted by Crippen LogP contribution is 2.12. The zero-order chi connectivity index (χ0) is 12.9. The molecule has 0 spiro atoms. The molecule has 6 nitrogen and oxygen atoms in total. The van der Waals surface area contributed by atoms with E-state index in [1.165, 1.54) is 18.3 Å². The Kier molecular flexibility index (Phi) is 4.57. The first-order valence-electron chi connectivity index (χ1n) is 5.03. The van der Waals surface area contributed by atoms with Gasteiger partial charge in [0.05, 0.1) is 6.61 Å². The minimum Gasteiger partial charge on any atom is -0.395 e. The molecular formula is C10H13N3O3S. The van der Waals surface area contributed by atoms with E-state index in [1.54, 1.807) is 13.0 Å². The fourth-order valence-corrected chi connectivity index (χ4v) is 2.64. The highest BCUT2D eigenvalue weighted by Gasteiger charge is 2.22. The third-order valence-corrected chi connectivity index (χ3v) is 3.75. The maximum atomic E-state index is 11.9. The Morgan fingerprint density at radius 3 is 2.88 bits per heavy atom. The number of aromatic nitrogens is 1. The van der Waals surface area contributed by atoms with Gasteiger partial charge in [0.25, 0.3) is 0 Å². The molecule has 2 N–H and O–H groups in total. The topological polar surface area (TPSA) is 103 Å². The van der Waals surface area contributed by atoms with E-state index < -0.39 is 16.1 Å². The Bertz CT molecular complexity index is 518. The highest BCUT2D eigenvalue weighted by molar-refractivity contribution is 7.89. The van der Waals surface area contributed by atoms with Gasteiger partial charge in [0.15, 0.2) is 5.69 Å². The lowest BCUT2D eigenvalue weighted by atomic mass is 10.3. The average Bonchev–Trinajstić information content (AvgIpc) is 2.35. The Balaban J connectivity index is 3.10. The Morgan fingerprint density at radius 2 is 2.35 bits per heavy atom. The quantitative estimate of drug-likeness (QED) is 0.771. The van der Waals surface area contributed by atoms with Gasteiger partial charge in [0.1, 0.15) is 11.0 Å². The lowest BCUT2D eigenvalue weighted by molar-refractivity contribution is 0.254. The van der Waals surface area contributed by atoms with E-state index in [0.29, 0.717) is 6.42 Å². The number of nitrogens with one attached hydrogen (secondary N) is 1. The summed E-state index contributed by atoms with van der Waals surface area (Å²) in [5.41, 5.74) is -0.159. The maximum absolute atomic E-state index is 11.9. The molecule has 1 heterocycles. The second-order valence-corrected chi connectivity index (χ2v) is 5.05. The van der Waals surface area contributed by atoms with Crippen LogP contribution in [0.25, 0.3) is 0 Å². The molecule has 0 bridgehead atoms. The molecular weight excluding hydrogens is 242 g/mol. The van der Waals surface area contributed by atoms with Crippen LogP contribution in [0.4, 0.5) is 0 Å². The predicted octanol–water partition coefficient (Wildman–Crippen LogP) is 0.00248. The fourth-order valence-electron chi connectivity index (χ4n) is 1.22. The minimum absolute atomic E-state index is 0.159. The molecule has 92 valence electrons. The lowest BCUT2D eigenvalue weighted by Gasteiger charge is -2.14. The molecule has 0 radical (unpaired) electrons. The van der Waals surface area contributed by atoms with E-state index in [1.807, 2.05) is 0 Å². The van der Waals surface area contributed by atoms with Crippen LogP contribution < -0.4 is 4.72 Å². The van der Waals surface area contributed by atoms with Crippen molar-refractivity contribution in [3.05, 3.63) is 24.0 Å². The van der Waals surface area contributed by atoms with Crippen molar-refractivity contribution in [1.82, 2.24) is 9.71 Å². The van der Waals surface area contributed by atoms with Crippen LogP contribution in [0.15, 0.2) is 23.2 Å². The summed E-state index contributed by atoms with van der Waals surface area (Å²) in [5.74, 6) is 0. The van der Waals surface area contributed by atoms with Crippen LogP contribution in [-0.4, -0.2) is 31.2 Å². The van der Waals surface area contributed by atoms with E-state index in [2.05, 4.69) is 9.71 Å². The average molecular weight is 255 g/mol. The molecule has 0 aliphatic heterocycles. The van der Waals surface area contributed by atoms with Crippen LogP contribution in [0, 0.1) is 11.3 Å². The lowest BCUT2D eigenvalue weighted by Crippen LogP contribution is -2.37. The van der Waals surface area contributed by atoms with Crippen LogP contribution >= 0.6 is 0 Å². The van der Waals surface area contributed by atoms with Crippen molar-refractivity contribution in [3.63, 3.8) is 0 Å². The van der Waals surface area contributed by atoms with Crippen molar-refractivity contribution in [2.75, 3.05) is 6.61 Å². The van der Waals surface area contributed by atoms with Gasteiger partial charge >= 0.3 is 0 Å². The molecule has 0 amide bonds. The normalized spacial score (nSPS) is 13.0. The summed E-state index contributed by atoms with van der Waals surface area (Å²) in [5, 5.41) is 17.7. The number of rotatable bonds is 5. The first kappa shape index (κ1) is 13.6. The summed E-state index contributed by atoms with van der Waals surface area (Å²) < 4.78 is 26.2. The monoisotopic (exact) mass is 255 g/mol. The number of sulfonamides is 1. The smallest absolute Gasteiger partial charge is 0.243 e. The third kappa shape index (κ3) is 3.23. The molecule has 0 saturated heterocycles. The van der Waals surface area contributed by atoms with Crippen molar-refractivity contribution in [1.29, 1.82) is 5.26 Å². The summed E-state index contributed by atoms with van der Waals surface area (Å²) in [6, 6.07) is 3.90. The van der Waals surface area contributed by atoms with Gasteiger partial charge in [-0.05, 0) is 18.6 Å². The minimum atomic E-state index is -3.82. The van der Waals surface area contributed by atoms with Gasteiger partial charge in [-0.1, -0.05) is 6.92 Å². The molecule has 0 fully saturated rings. The van der Waals surface area contributed by atoms with Crippen molar-refractivity contribution in [2.45, 2.75) is 24.3 Å². The van der Waals surface area contributed by atoms with Crippen molar-refractivity contribution in [3.8, 4) is 6.07 Å². The Morgan fingerprint density at radius 1 is 1.65 bits per heavy atom. The number of aliphatic hydroxyl groups is 1. The van der Waals surface area contributed by atoms with Gasteiger partial charge in [-0.25, -0.2) is 18.1 Å². The maximum Gasteiger partial charge on any atom is 0.243 e. The van der Waals surface area contributed by atoms with E-state index in [-0.39, 0.29) is 17.2 Å². The third-order valence-electron chi connectivity index (χ3n) is 2.20.